The maximum Gasteiger partial charge on any atom is 0.120 e. The lowest BCUT2D eigenvalue weighted by Crippen LogP contribution is -2.41. The van der Waals surface area contributed by atoms with Gasteiger partial charge in [0.15, 0.2) is 0 Å². The molecule has 1 aromatic rings. The Kier molecular flexibility index (Phi) is 3.95. The Bertz CT molecular complexity index is 382. The van der Waals surface area contributed by atoms with Crippen LogP contribution < -0.4 is 10.5 Å². The highest BCUT2D eigenvalue weighted by Crippen LogP contribution is 2.28. The van der Waals surface area contributed by atoms with Crippen molar-refractivity contribution in [3.05, 3.63) is 28.3 Å². The smallest absolute Gasteiger partial charge is 0.120 e. The third-order valence-corrected chi connectivity index (χ3v) is 4.05. The zero-order valence-corrected chi connectivity index (χ0v) is 11.3. The third kappa shape index (κ3) is 2.93. The van der Waals surface area contributed by atoms with E-state index < -0.39 is 0 Å². The van der Waals surface area contributed by atoms with Crippen LogP contribution in [-0.4, -0.2) is 12.1 Å². The number of hydrogen-bond donors (Lipinski definition) is 1. The summed E-state index contributed by atoms with van der Waals surface area (Å²) in [6.45, 7) is 4.01. The molecule has 1 fully saturated rings. The minimum atomic E-state index is 0.156. The average Bonchev–Trinajstić information content (AvgIpc) is 2.29. The fraction of sp³-hybridized carbons (Fsp3) is 0.571. The molecule has 1 saturated carbocycles. The molecule has 2 unspecified atom stereocenters. The van der Waals surface area contributed by atoms with Crippen molar-refractivity contribution in [3.8, 4) is 5.75 Å². The van der Waals surface area contributed by atoms with E-state index in [1.807, 2.05) is 26.0 Å². The summed E-state index contributed by atoms with van der Waals surface area (Å²) in [4.78, 5) is 0. The van der Waals surface area contributed by atoms with E-state index in [1.54, 1.807) is 0 Å². The number of nitrogens with two attached hydrogens (primary N) is 1. The van der Waals surface area contributed by atoms with Gasteiger partial charge in [-0.1, -0.05) is 18.0 Å². The number of rotatable bonds is 2. The Morgan fingerprint density at radius 3 is 2.35 bits per heavy atom. The van der Waals surface area contributed by atoms with Gasteiger partial charge in [-0.05, 0) is 56.4 Å². The molecule has 0 aliphatic heterocycles. The fourth-order valence-corrected chi connectivity index (χ4v) is 2.53. The highest BCUT2D eigenvalue weighted by Gasteiger charge is 2.23. The van der Waals surface area contributed by atoms with Crippen LogP contribution in [0.25, 0.3) is 0 Å². The van der Waals surface area contributed by atoms with Crippen molar-refractivity contribution in [2.75, 3.05) is 0 Å². The molecule has 1 aliphatic rings. The summed E-state index contributed by atoms with van der Waals surface area (Å²) in [5.74, 6) is 0.895. The second kappa shape index (κ2) is 5.28. The number of halogens is 1. The maximum absolute atomic E-state index is 6.14. The third-order valence-electron chi connectivity index (χ3n) is 3.45. The first kappa shape index (κ1) is 12.7. The summed E-state index contributed by atoms with van der Waals surface area (Å²) >= 11 is 6.14. The average molecular weight is 254 g/mol. The first-order chi connectivity index (χ1) is 8.08. The standard InChI is InChI=1S/C14H20ClNO/c1-9-7-11(8-10(2)14(9)15)17-13-6-4-3-5-12(13)16/h7-8,12-13H,3-6,16H2,1-2H3. The lowest BCUT2D eigenvalue weighted by atomic mass is 9.93. The molecule has 0 radical (unpaired) electrons. The first-order valence-corrected chi connectivity index (χ1v) is 6.64. The molecule has 0 heterocycles. The Labute approximate surface area is 108 Å². The SMILES string of the molecule is Cc1cc(OC2CCCCC2N)cc(C)c1Cl. The second-order valence-electron chi connectivity index (χ2n) is 4.98. The Balaban J connectivity index is 2.12. The molecular weight excluding hydrogens is 234 g/mol. The van der Waals surface area contributed by atoms with Crippen molar-refractivity contribution < 1.29 is 4.74 Å². The molecule has 2 N–H and O–H groups in total. The van der Waals surface area contributed by atoms with Gasteiger partial charge in [0.2, 0.25) is 0 Å². The van der Waals surface area contributed by atoms with Gasteiger partial charge in [0, 0.05) is 11.1 Å². The zero-order chi connectivity index (χ0) is 12.4. The van der Waals surface area contributed by atoms with Gasteiger partial charge in [-0.25, -0.2) is 0 Å². The van der Waals surface area contributed by atoms with Crippen LogP contribution in [0, 0.1) is 13.8 Å². The molecule has 17 heavy (non-hydrogen) atoms. The van der Waals surface area contributed by atoms with Gasteiger partial charge in [-0.15, -0.1) is 0 Å². The van der Waals surface area contributed by atoms with Crippen molar-refractivity contribution in [2.45, 2.75) is 51.7 Å². The molecule has 0 spiro atoms. The van der Waals surface area contributed by atoms with Gasteiger partial charge >= 0.3 is 0 Å². The summed E-state index contributed by atoms with van der Waals surface area (Å²) in [5.41, 5.74) is 8.20. The van der Waals surface area contributed by atoms with Gasteiger partial charge in [0.05, 0.1) is 0 Å². The van der Waals surface area contributed by atoms with E-state index >= 15 is 0 Å². The molecule has 0 saturated heterocycles. The number of benzene rings is 1. The van der Waals surface area contributed by atoms with Crippen LogP contribution in [-0.2, 0) is 0 Å². The van der Waals surface area contributed by atoms with E-state index in [1.165, 1.54) is 12.8 Å². The van der Waals surface area contributed by atoms with Crippen LogP contribution in [0.2, 0.25) is 5.02 Å². The highest BCUT2D eigenvalue weighted by molar-refractivity contribution is 6.32. The van der Waals surface area contributed by atoms with E-state index in [0.29, 0.717) is 0 Å². The van der Waals surface area contributed by atoms with Crippen LogP contribution in [0.5, 0.6) is 5.75 Å². The molecule has 2 nitrogen and oxygen atoms in total. The molecule has 1 aliphatic carbocycles. The first-order valence-electron chi connectivity index (χ1n) is 6.27. The Hall–Kier alpha value is -0.730. The summed E-state index contributed by atoms with van der Waals surface area (Å²) in [7, 11) is 0. The molecule has 0 bridgehead atoms. The summed E-state index contributed by atoms with van der Waals surface area (Å²) in [6.07, 6.45) is 4.71. The van der Waals surface area contributed by atoms with E-state index in [0.717, 1.165) is 34.7 Å². The highest BCUT2D eigenvalue weighted by atomic mass is 35.5. The molecule has 0 amide bonds. The number of hydrogen-bond acceptors (Lipinski definition) is 2. The fourth-order valence-electron chi connectivity index (χ4n) is 2.42. The Morgan fingerprint density at radius 1 is 1.18 bits per heavy atom. The Morgan fingerprint density at radius 2 is 1.76 bits per heavy atom. The summed E-state index contributed by atoms with van der Waals surface area (Å²) in [5, 5.41) is 0.824. The largest absolute Gasteiger partial charge is 0.489 e. The van der Waals surface area contributed by atoms with Gasteiger partial charge in [0.1, 0.15) is 11.9 Å². The topological polar surface area (TPSA) is 35.2 Å². The van der Waals surface area contributed by atoms with Gasteiger partial charge < -0.3 is 10.5 Å². The van der Waals surface area contributed by atoms with E-state index in [-0.39, 0.29) is 12.1 Å². The van der Waals surface area contributed by atoms with Crippen molar-refractivity contribution in [1.29, 1.82) is 0 Å². The minimum Gasteiger partial charge on any atom is -0.489 e. The molecule has 2 rings (SSSR count). The van der Waals surface area contributed by atoms with E-state index in [9.17, 15) is 0 Å². The monoisotopic (exact) mass is 253 g/mol. The molecule has 94 valence electrons. The predicted octanol–water partition coefficient (Wildman–Crippen LogP) is 3.61. The molecule has 2 atom stereocenters. The molecule has 0 aromatic heterocycles. The van der Waals surface area contributed by atoms with Gasteiger partial charge in [-0.3, -0.25) is 0 Å². The van der Waals surface area contributed by atoms with E-state index in [4.69, 9.17) is 22.1 Å². The quantitative estimate of drug-likeness (QED) is 0.874. The number of ether oxygens (including phenoxy) is 1. The summed E-state index contributed by atoms with van der Waals surface area (Å²) in [6, 6.07) is 4.16. The van der Waals surface area contributed by atoms with Crippen molar-refractivity contribution >= 4 is 11.6 Å². The van der Waals surface area contributed by atoms with Crippen LogP contribution in [0.1, 0.15) is 36.8 Å². The van der Waals surface area contributed by atoms with Crippen molar-refractivity contribution in [1.82, 2.24) is 0 Å². The minimum absolute atomic E-state index is 0.156. The second-order valence-corrected chi connectivity index (χ2v) is 5.35. The zero-order valence-electron chi connectivity index (χ0n) is 10.5. The van der Waals surface area contributed by atoms with Crippen LogP contribution >= 0.6 is 11.6 Å². The lowest BCUT2D eigenvalue weighted by molar-refractivity contribution is 0.132. The van der Waals surface area contributed by atoms with Crippen LogP contribution in [0.3, 0.4) is 0 Å². The maximum atomic E-state index is 6.14. The molecule has 1 aromatic carbocycles. The molecule has 3 heteroatoms. The van der Waals surface area contributed by atoms with Crippen LogP contribution in [0.15, 0.2) is 12.1 Å². The van der Waals surface area contributed by atoms with E-state index in [2.05, 4.69) is 0 Å². The van der Waals surface area contributed by atoms with Crippen molar-refractivity contribution in [2.24, 2.45) is 5.73 Å². The van der Waals surface area contributed by atoms with Crippen LogP contribution in [0.4, 0.5) is 0 Å². The normalized spacial score (nSPS) is 24.7. The number of aryl methyl sites for hydroxylation is 2. The molecular formula is C14H20ClNO. The lowest BCUT2D eigenvalue weighted by Gasteiger charge is -2.29. The van der Waals surface area contributed by atoms with Gasteiger partial charge in [0.25, 0.3) is 0 Å². The summed E-state index contributed by atoms with van der Waals surface area (Å²) < 4.78 is 6.00. The predicted molar refractivity (Wildman–Crippen MR) is 71.8 cm³/mol. The van der Waals surface area contributed by atoms with Gasteiger partial charge in [-0.2, -0.15) is 0 Å². The van der Waals surface area contributed by atoms with Crippen molar-refractivity contribution in [3.63, 3.8) is 0 Å².